The zero-order chi connectivity index (χ0) is 9.97. The summed E-state index contributed by atoms with van der Waals surface area (Å²) in [6.45, 7) is 0. The van der Waals surface area contributed by atoms with Crippen LogP contribution in [0.2, 0.25) is 0 Å². The number of halogens is 2. The molecule has 1 heterocycles. The molecular formula is C10H8BrClN2. The number of rotatable bonds is 2. The van der Waals surface area contributed by atoms with Crippen molar-refractivity contribution in [2.24, 2.45) is 0 Å². The fourth-order valence-corrected chi connectivity index (χ4v) is 1.59. The van der Waals surface area contributed by atoms with Crippen molar-refractivity contribution >= 4 is 27.5 Å². The van der Waals surface area contributed by atoms with Crippen LogP contribution in [-0.2, 0) is 6.00 Å². The molecule has 2 nitrogen and oxygen atoms in total. The highest BCUT2D eigenvalue weighted by molar-refractivity contribution is 9.10. The van der Waals surface area contributed by atoms with Gasteiger partial charge in [0.2, 0.25) is 0 Å². The van der Waals surface area contributed by atoms with E-state index in [0.717, 1.165) is 15.7 Å². The summed E-state index contributed by atoms with van der Waals surface area (Å²) in [6.07, 6.45) is 3.65. The summed E-state index contributed by atoms with van der Waals surface area (Å²) in [5.41, 5.74) is 2.04. The Kier molecular flexibility index (Phi) is 2.89. The molecule has 0 spiro atoms. The molecule has 0 atom stereocenters. The second-order valence-corrected chi connectivity index (χ2v) is 4.05. The Morgan fingerprint density at radius 1 is 1.29 bits per heavy atom. The second kappa shape index (κ2) is 4.15. The molecule has 0 amide bonds. The van der Waals surface area contributed by atoms with E-state index in [2.05, 4.69) is 20.9 Å². The predicted octanol–water partition coefficient (Wildman–Crippen LogP) is 3.51. The van der Waals surface area contributed by atoms with Crippen molar-refractivity contribution in [2.75, 3.05) is 0 Å². The van der Waals surface area contributed by atoms with Gasteiger partial charge in [0, 0.05) is 16.2 Å². The van der Waals surface area contributed by atoms with Gasteiger partial charge < -0.3 is 4.57 Å². The Balaban J connectivity index is 2.34. The van der Waals surface area contributed by atoms with E-state index in [-0.39, 0.29) is 0 Å². The number of hydrogen-bond acceptors (Lipinski definition) is 1. The topological polar surface area (TPSA) is 17.8 Å². The highest BCUT2D eigenvalue weighted by Crippen LogP contribution is 2.19. The van der Waals surface area contributed by atoms with E-state index in [9.17, 15) is 0 Å². The van der Waals surface area contributed by atoms with E-state index in [1.165, 1.54) is 0 Å². The third-order valence-electron chi connectivity index (χ3n) is 1.91. The summed E-state index contributed by atoms with van der Waals surface area (Å²) in [6, 6.07) is 8.46. The molecule has 0 aliphatic carbocycles. The summed E-state index contributed by atoms with van der Waals surface area (Å²) in [5, 5.41) is 0. The predicted molar refractivity (Wildman–Crippen MR) is 61.2 cm³/mol. The number of imidazole rings is 1. The molecule has 0 saturated heterocycles. The number of alkyl halides is 1. The summed E-state index contributed by atoms with van der Waals surface area (Å²) in [4.78, 5) is 4.25. The van der Waals surface area contributed by atoms with Crippen molar-refractivity contribution in [3.63, 3.8) is 0 Å². The van der Waals surface area contributed by atoms with Crippen LogP contribution in [0.25, 0.3) is 11.3 Å². The fourth-order valence-electron chi connectivity index (χ4n) is 1.20. The number of nitrogens with zero attached hydrogens (tertiary/aromatic N) is 2. The van der Waals surface area contributed by atoms with Gasteiger partial charge >= 0.3 is 0 Å². The molecule has 0 aliphatic heterocycles. The molecule has 0 N–H and O–H groups in total. The first-order chi connectivity index (χ1) is 6.79. The maximum atomic E-state index is 5.67. The Bertz CT molecular complexity index is 422. The number of benzene rings is 1. The summed E-state index contributed by atoms with van der Waals surface area (Å²) in [7, 11) is 0. The molecule has 0 saturated carbocycles. The van der Waals surface area contributed by atoms with Crippen LogP contribution in [0.1, 0.15) is 0 Å². The standard InChI is InChI=1S/C10H8BrClN2/c11-9-3-1-8(2-4-9)10-5-14(6-12)7-13-10/h1-5,7H,6H2. The van der Waals surface area contributed by atoms with E-state index in [0.29, 0.717) is 6.00 Å². The van der Waals surface area contributed by atoms with Crippen molar-refractivity contribution in [2.45, 2.75) is 6.00 Å². The van der Waals surface area contributed by atoms with Crippen molar-refractivity contribution < 1.29 is 0 Å². The van der Waals surface area contributed by atoms with Gasteiger partial charge in [0.15, 0.2) is 0 Å². The first kappa shape index (κ1) is 9.74. The van der Waals surface area contributed by atoms with Gasteiger partial charge in [-0.3, -0.25) is 0 Å². The highest BCUT2D eigenvalue weighted by atomic mass is 79.9. The van der Waals surface area contributed by atoms with Gasteiger partial charge in [-0.2, -0.15) is 0 Å². The Labute approximate surface area is 95.7 Å². The lowest BCUT2D eigenvalue weighted by atomic mass is 10.2. The molecule has 72 valence electrons. The molecule has 1 aromatic carbocycles. The molecule has 1 aromatic heterocycles. The zero-order valence-corrected chi connectivity index (χ0v) is 9.66. The Morgan fingerprint density at radius 3 is 2.57 bits per heavy atom. The van der Waals surface area contributed by atoms with Crippen LogP contribution in [0, 0.1) is 0 Å². The average Bonchev–Trinajstić information content (AvgIpc) is 2.67. The van der Waals surface area contributed by atoms with Crippen LogP contribution in [0.5, 0.6) is 0 Å². The molecule has 2 rings (SSSR count). The van der Waals surface area contributed by atoms with Crippen LogP contribution < -0.4 is 0 Å². The quantitative estimate of drug-likeness (QED) is 0.764. The van der Waals surface area contributed by atoms with Gasteiger partial charge in [0.25, 0.3) is 0 Å². The van der Waals surface area contributed by atoms with Gasteiger partial charge in [-0.25, -0.2) is 4.98 Å². The van der Waals surface area contributed by atoms with Crippen molar-refractivity contribution in [1.82, 2.24) is 9.55 Å². The monoisotopic (exact) mass is 270 g/mol. The van der Waals surface area contributed by atoms with E-state index in [1.807, 2.05) is 35.0 Å². The summed E-state index contributed by atoms with van der Waals surface area (Å²) >= 11 is 9.06. The van der Waals surface area contributed by atoms with Crippen molar-refractivity contribution in [3.8, 4) is 11.3 Å². The third-order valence-corrected chi connectivity index (χ3v) is 2.72. The fraction of sp³-hybridized carbons (Fsp3) is 0.100. The molecule has 2 aromatic rings. The molecule has 14 heavy (non-hydrogen) atoms. The van der Waals surface area contributed by atoms with E-state index in [1.54, 1.807) is 6.33 Å². The molecular weight excluding hydrogens is 263 g/mol. The highest BCUT2D eigenvalue weighted by Gasteiger charge is 2.00. The Morgan fingerprint density at radius 2 is 2.00 bits per heavy atom. The van der Waals surface area contributed by atoms with Gasteiger partial charge in [0.1, 0.15) is 0 Å². The third kappa shape index (κ3) is 1.99. The van der Waals surface area contributed by atoms with E-state index >= 15 is 0 Å². The lowest BCUT2D eigenvalue weighted by Gasteiger charge is -1.96. The van der Waals surface area contributed by atoms with Gasteiger partial charge in [-0.05, 0) is 12.1 Å². The maximum absolute atomic E-state index is 5.67. The van der Waals surface area contributed by atoms with Gasteiger partial charge in [-0.1, -0.05) is 28.1 Å². The van der Waals surface area contributed by atoms with Crippen molar-refractivity contribution in [1.29, 1.82) is 0 Å². The average molecular weight is 272 g/mol. The van der Waals surface area contributed by atoms with Crippen LogP contribution in [0.15, 0.2) is 41.3 Å². The lowest BCUT2D eigenvalue weighted by molar-refractivity contribution is 0.881. The first-order valence-electron chi connectivity index (χ1n) is 4.13. The van der Waals surface area contributed by atoms with Gasteiger partial charge in [0.05, 0.1) is 18.0 Å². The largest absolute Gasteiger partial charge is 0.323 e. The Hall–Kier alpha value is -0.800. The molecule has 0 bridgehead atoms. The normalized spacial score (nSPS) is 10.4. The minimum Gasteiger partial charge on any atom is -0.323 e. The minimum absolute atomic E-state index is 0.434. The van der Waals surface area contributed by atoms with Crippen LogP contribution in [-0.4, -0.2) is 9.55 Å². The smallest absolute Gasteiger partial charge is 0.0981 e. The minimum atomic E-state index is 0.434. The SMILES string of the molecule is ClCn1cnc(-c2ccc(Br)cc2)c1. The molecule has 0 unspecified atom stereocenters. The molecule has 0 aliphatic rings. The number of aromatic nitrogens is 2. The number of hydrogen-bond donors (Lipinski definition) is 0. The molecule has 0 fully saturated rings. The lowest BCUT2D eigenvalue weighted by Crippen LogP contribution is -1.84. The summed E-state index contributed by atoms with van der Waals surface area (Å²) in [5.74, 6) is 0. The van der Waals surface area contributed by atoms with Gasteiger partial charge in [-0.15, -0.1) is 11.6 Å². The second-order valence-electron chi connectivity index (χ2n) is 2.90. The zero-order valence-electron chi connectivity index (χ0n) is 7.32. The van der Waals surface area contributed by atoms with E-state index < -0.39 is 0 Å². The first-order valence-corrected chi connectivity index (χ1v) is 5.46. The van der Waals surface area contributed by atoms with Crippen LogP contribution in [0.4, 0.5) is 0 Å². The van der Waals surface area contributed by atoms with Crippen LogP contribution >= 0.6 is 27.5 Å². The summed E-state index contributed by atoms with van der Waals surface area (Å²) < 4.78 is 2.90. The maximum Gasteiger partial charge on any atom is 0.0981 e. The van der Waals surface area contributed by atoms with Crippen molar-refractivity contribution in [3.05, 3.63) is 41.3 Å². The molecule has 4 heteroatoms. The van der Waals surface area contributed by atoms with E-state index in [4.69, 9.17) is 11.6 Å². The van der Waals surface area contributed by atoms with Crippen LogP contribution in [0.3, 0.4) is 0 Å². The molecule has 0 radical (unpaired) electrons.